The smallest absolute Gasteiger partial charge is 0.320 e. The molecule has 1 N–H and O–H groups in total. The molecule has 4 aliphatic carbocycles. The normalized spacial score (nSPS) is 28.4. The third-order valence-corrected chi connectivity index (χ3v) is 11.0. The van der Waals surface area contributed by atoms with Crippen LogP contribution in [0.3, 0.4) is 0 Å². The summed E-state index contributed by atoms with van der Waals surface area (Å²) in [5.74, 6) is 9.83. The Morgan fingerprint density at radius 3 is 2.00 bits per heavy atom. The predicted octanol–water partition coefficient (Wildman–Crippen LogP) is 5.86. The second-order valence-corrected chi connectivity index (χ2v) is 14.1. The number of piperazine rings is 1. The van der Waals surface area contributed by atoms with Gasteiger partial charge in [-0.15, -0.1) is 0 Å². The van der Waals surface area contributed by atoms with Gasteiger partial charge in [-0.25, -0.2) is 4.79 Å². The van der Waals surface area contributed by atoms with E-state index in [9.17, 15) is 9.59 Å². The van der Waals surface area contributed by atoms with Crippen LogP contribution < -0.4 is 5.32 Å². The summed E-state index contributed by atoms with van der Waals surface area (Å²) in [6.45, 7) is 5.57. The first-order valence-electron chi connectivity index (χ1n) is 16.8. The molecular formula is C37H46N4O3. The topological polar surface area (TPSA) is 65.1 Å². The van der Waals surface area contributed by atoms with Crippen molar-refractivity contribution >= 4 is 17.6 Å². The number of benzene rings is 2. The largest absolute Gasteiger partial charge is 0.381 e. The summed E-state index contributed by atoms with van der Waals surface area (Å²) >= 11 is 0. The van der Waals surface area contributed by atoms with Gasteiger partial charge in [-0.2, -0.15) is 0 Å². The standard InChI is InChI=1S/C37H46N4O3/c1-44-34-11-14-40(15-12-34)36(43)41-18-16-39(17-19-41)26-28-2-6-32(7-3-28)35(42)38-33-8-4-27(5-9-33)10-13-37-23-29-20-30(24-37)22-31(21-29)25-37/h2-9,29-31,34H,11-12,14-26H2,1H3,(H,38,42). The molecule has 2 heterocycles. The molecular weight excluding hydrogens is 548 g/mol. The van der Waals surface area contributed by atoms with Gasteiger partial charge in [-0.3, -0.25) is 9.69 Å². The maximum absolute atomic E-state index is 13.0. The summed E-state index contributed by atoms with van der Waals surface area (Å²) in [5.41, 5.74) is 3.88. The van der Waals surface area contributed by atoms with Crippen molar-refractivity contribution in [1.29, 1.82) is 0 Å². The predicted molar refractivity (Wildman–Crippen MR) is 172 cm³/mol. The monoisotopic (exact) mass is 594 g/mol. The maximum Gasteiger partial charge on any atom is 0.320 e. The third-order valence-electron chi connectivity index (χ3n) is 11.0. The minimum atomic E-state index is -0.106. The molecule has 2 aromatic carbocycles. The molecule has 0 aromatic heterocycles. The van der Waals surface area contributed by atoms with Gasteiger partial charge in [0.05, 0.1) is 6.10 Å². The van der Waals surface area contributed by atoms with Crippen molar-refractivity contribution in [3.8, 4) is 11.8 Å². The Morgan fingerprint density at radius 1 is 0.818 bits per heavy atom. The minimum Gasteiger partial charge on any atom is -0.381 e. The summed E-state index contributed by atoms with van der Waals surface area (Å²) in [7, 11) is 1.75. The van der Waals surface area contributed by atoms with Crippen LogP contribution in [0, 0.1) is 35.0 Å². The van der Waals surface area contributed by atoms with Crippen molar-refractivity contribution in [3.05, 3.63) is 65.2 Å². The number of nitrogens with zero attached hydrogens (tertiary/aromatic N) is 3. The van der Waals surface area contributed by atoms with Crippen LogP contribution in [-0.2, 0) is 11.3 Å². The Kier molecular flexibility index (Phi) is 8.39. The summed E-state index contributed by atoms with van der Waals surface area (Å²) in [6, 6.07) is 16.0. The maximum atomic E-state index is 13.0. The molecule has 4 bridgehead atoms. The van der Waals surface area contributed by atoms with Crippen molar-refractivity contribution in [1.82, 2.24) is 14.7 Å². The number of anilines is 1. The molecule has 0 radical (unpaired) electrons. The number of likely N-dealkylation sites (tertiary alicyclic amines) is 1. The second kappa shape index (κ2) is 12.6. The highest BCUT2D eigenvalue weighted by Crippen LogP contribution is 2.59. The quantitative estimate of drug-likeness (QED) is 0.441. The van der Waals surface area contributed by atoms with Crippen molar-refractivity contribution in [3.63, 3.8) is 0 Å². The Bertz CT molecular complexity index is 1360. The molecule has 7 heteroatoms. The number of carbonyl (C=O) groups is 2. The van der Waals surface area contributed by atoms with Crippen LogP contribution in [0.25, 0.3) is 0 Å². The molecule has 6 fully saturated rings. The average Bonchev–Trinajstić information content (AvgIpc) is 3.04. The fourth-order valence-corrected chi connectivity index (χ4v) is 8.91. The van der Waals surface area contributed by atoms with Crippen LogP contribution in [0.1, 0.15) is 72.9 Å². The van der Waals surface area contributed by atoms with Crippen LogP contribution in [0.4, 0.5) is 10.5 Å². The lowest BCUT2D eigenvalue weighted by atomic mass is 9.50. The van der Waals surface area contributed by atoms with Gasteiger partial charge < -0.3 is 19.9 Å². The number of urea groups is 1. The van der Waals surface area contributed by atoms with E-state index in [1.807, 2.05) is 58.3 Å². The van der Waals surface area contributed by atoms with Crippen LogP contribution in [0.15, 0.2) is 48.5 Å². The molecule has 6 aliphatic rings. The zero-order valence-corrected chi connectivity index (χ0v) is 26.1. The number of carbonyl (C=O) groups excluding carboxylic acids is 2. The van der Waals surface area contributed by atoms with Gasteiger partial charge in [0.15, 0.2) is 0 Å². The molecule has 44 heavy (non-hydrogen) atoms. The summed E-state index contributed by atoms with van der Waals surface area (Å²) in [4.78, 5) is 32.2. The van der Waals surface area contributed by atoms with E-state index in [1.54, 1.807) is 7.11 Å². The number of ether oxygens (including phenoxy) is 1. The van der Waals surface area contributed by atoms with Crippen molar-refractivity contribution < 1.29 is 14.3 Å². The van der Waals surface area contributed by atoms with Gasteiger partial charge in [0.2, 0.25) is 0 Å². The van der Waals surface area contributed by atoms with Crippen molar-refractivity contribution in [2.24, 2.45) is 23.2 Å². The van der Waals surface area contributed by atoms with E-state index in [2.05, 4.69) is 22.1 Å². The fraction of sp³-hybridized carbons (Fsp3) is 0.568. The van der Waals surface area contributed by atoms with Crippen molar-refractivity contribution in [2.45, 2.75) is 64.0 Å². The van der Waals surface area contributed by atoms with Crippen LogP contribution in [-0.4, -0.2) is 79.1 Å². The average molecular weight is 595 g/mol. The van der Waals surface area contributed by atoms with E-state index in [1.165, 1.54) is 44.1 Å². The second-order valence-electron chi connectivity index (χ2n) is 14.1. The van der Waals surface area contributed by atoms with Gasteiger partial charge in [-0.05, 0) is 111 Å². The summed E-state index contributed by atoms with van der Waals surface area (Å²) < 4.78 is 5.44. The summed E-state index contributed by atoms with van der Waals surface area (Å²) in [5, 5.41) is 3.04. The Balaban J connectivity index is 0.870. The van der Waals surface area contributed by atoms with Gasteiger partial charge in [0.25, 0.3) is 5.91 Å². The Hall–Kier alpha value is -3.34. The molecule has 2 saturated heterocycles. The fourth-order valence-electron chi connectivity index (χ4n) is 8.91. The van der Waals surface area contributed by atoms with E-state index >= 15 is 0 Å². The lowest BCUT2D eigenvalue weighted by Gasteiger charge is -2.54. The molecule has 4 saturated carbocycles. The molecule has 0 atom stereocenters. The van der Waals surface area contributed by atoms with Crippen LogP contribution in [0.5, 0.6) is 0 Å². The highest BCUT2D eigenvalue weighted by molar-refractivity contribution is 6.04. The number of nitrogens with one attached hydrogen (secondary N) is 1. The zero-order valence-electron chi connectivity index (χ0n) is 26.1. The van der Waals surface area contributed by atoms with E-state index in [0.717, 1.165) is 87.7 Å². The lowest BCUT2D eigenvalue weighted by molar-refractivity contribution is -0.0181. The molecule has 0 spiro atoms. The van der Waals surface area contributed by atoms with Gasteiger partial charge in [0.1, 0.15) is 0 Å². The van der Waals surface area contributed by atoms with Gasteiger partial charge in [0, 0.05) is 75.2 Å². The molecule has 2 aliphatic heterocycles. The molecule has 2 aromatic rings. The third kappa shape index (κ3) is 6.53. The summed E-state index contributed by atoms with van der Waals surface area (Å²) in [6.07, 6.45) is 10.3. The van der Waals surface area contributed by atoms with Crippen LogP contribution >= 0.6 is 0 Å². The first kappa shape index (κ1) is 29.4. The minimum absolute atomic E-state index is 0.106. The number of piperidine rings is 1. The van der Waals surface area contributed by atoms with Gasteiger partial charge in [-0.1, -0.05) is 24.0 Å². The molecule has 3 amide bonds. The van der Waals surface area contributed by atoms with Crippen molar-refractivity contribution in [2.75, 3.05) is 51.7 Å². The molecule has 0 unspecified atom stereocenters. The first-order valence-corrected chi connectivity index (χ1v) is 16.8. The Morgan fingerprint density at radius 2 is 1.41 bits per heavy atom. The van der Waals surface area contributed by atoms with Gasteiger partial charge >= 0.3 is 6.03 Å². The zero-order chi connectivity index (χ0) is 30.1. The van der Waals surface area contributed by atoms with E-state index in [4.69, 9.17) is 4.74 Å². The Labute approximate surface area is 262 Å². The molecule has 7 nitrogen and oxygen atoms in total. The van der Waals surface area contributed by atoms with E-state index in [-0.39, 0.29) is 23.5 Å². The number of rotatable bonds is 5. The number of amides is 3. The van der Waals surface area contributed by atoms with E-state index < -0.39 is 0 Å². The number of hydrogen-bond donors (Lipinski definition) is 1. The van der Waals surface area contributed by atoms with E-state index in [0.29, 0.717) is 5.56 Å². The highest BCUT2D eigenvalue weighted by atomic mass is 16.5. The highest BCUT2D eigenvalue weighted by Gasteiger charge is 2.50. The van der Waals surface area contributed by atoms with Crippen LogP contribution in [0.2, 0.25) is 0 Å². The number of hydrogen-bond acceptors (Lipinski definition) is 4. The molecule has 8 rings (SSSR count). The first-order chi connectivity index (χ1) is 21.4. The molecule has 232 valence electrons. The SMILES string of the molecule is COC1CCN(C(=O)N2CCN(Cc3ccc(C(=O)Nc4ccc(C#CC56CC7CC(CC(C7)C5)C6)cc4)cc3)CC2)CC1. The number of methoxy groups -OCH3 is 1. The lowest BCUT2D eigenvalue weighted by Crippen LogP contribution is -2.54.